The second-order valence-electron chi connectivity index (χ2n) is 2.71. The molecule has 0 saturated heterocycles. The molecule has 0 saturated carbocycles. The number of nitrogens with zero attached hydrogens (tertiary/aromatic N) is 1. The predicted octanol–water partition coefficient (Wildman–Crippen LogP) is 2.49. The summed E-state index contributed by atoms with van der Waals surface area (Å²) in [6.07, 6.45) is 1.85. The zero-order valence-corrected chi connectivity index (χ0v) is 7.05. The maximum atomic E-state index is 4.92. The van der Waals surface area contributed by atoms with Gasteiger partial charge in [0.05, 0.1) is 5.69 Å². The minimum absolute atomic E-state index is 0.841. The highest BCUT2D eigenvalue weighted by atomic mass is 16.5. The first-order chi connectivity index (χ1) is 5.22. The van der Waals surface area contributed by atoms with Crippen LogP contribution in [0.2, 0.25) is 0 Å². The summed E-state index contributed by atoms with van der Waals surface area (Å²) in [5, 5.41) is 3.87. The molecule has 0 atom stereocenters. The number of hydrogen-bond acceptors (Lipinski definition) is 2. The minimum Gasteiger partial charge on any atom is -0.361 e. The quantitative estimate of drug-likeness (QED) is 0.620. The Hall–Kier alpha value is -1.05. The molecule has 0 N–H and O–H groups in total. The van der Waals surface area contributed by atoms with Crippen molar-refractivity contribution >= 4 is 0 Å². The molecule has 1 aromatic rings. The molecule has 0 amide bonds. The molecule has 1 aromatic heterocycles. The molecular weight excluding hydrogens is 138 g/mol. The lowest BCUT2D eigenvalue weighted by Gasteiger charge is -1.95. The van der Waals surface area contributed by atoms with Gasteiger partial charge in [-0.15, -0.1) is 0 Å². The van der Waals surface area contributed by atoms with Gasteiger partial charge in [-0.2, -0.15) is 0 Å². The molecule has 0 aromatic carbocycles. The summed E-state index contributed by atoms with van der Waals surface area (Å²) >= 11 is 0. The first-order valence-corrected chi connectivity index (χ1v) is 3.81. The van der Waals surface area contributed by atoms with Crippen molar-refractivity contribution in [2.24, 2.45) is 0 Å². The van der Waals surface area contributed by atoms with Gasteiger partial charge >= 0.3 is 0 Å². The Kier molecular flexibility index (Phi) is 2.47. The van der Waals surface area contributed by atoms with Crippen LogP contribution in [0.4, 0.5) is 0 Å². The Morgan fingerprint density at radius 2 is 2.45 bits per heavy atom. The van der Waals surface area contributed by atoms with Crippen LogP contribution in [0.25, 0.3) is 0 Å². The molecule has 11 heavy (non-hydrogen) atoms. The van der Waals surface area contributed by atoms with E-state index in [1.807, 2.05) is 13.0 Å². The largest absolute Gasteiger partial charge is 0.361 e. The van der Waals surface area contributed by atoms with Crippen molar-refractivity contribution in [3.05, 3.63) is 29.7 Å². The average molecular weight is 151 g/mol. The molecule has 60 valence electrons. The fourth-order valence-electron chi connectivity index (χ4n) is 0.882. The second-order valence-corrected chi connectivity index (χ2v) is 2.71. The molecule has 0 radical (unpaired) electrons. The van der Waals surface area contributed by atoms with E-state index in [2.05, 4.69) is 18.7 Å². The summed E-state index contributed by atoms with van der Waals surface area (Å²) in [4.78, 5) is 0. The van der Waals surface area contributed by atoms with Gasteiger partial charge in [0.15, 0.2) is 0 Å². The van der Waals surface area contributed by atoms with Crippen LogP contribution >= 0.6 is 0 Å². The molecule has 0 aliphatic heterocycles. The van der Waals surface area contributed by atoms with Crippen molar-refractivity contribution in [2.45, 2.75) is 26.7 Å². The number of rotatable bonds is 3. The van der Waals surface area contributed by atoms with Crippen molar-refractivity contribution in [3.63, 3.8) is 0 Å². The summed E-state index contributed by atoms with van der Waals surface area (Å²) in [6.45, 7) is 7.88. The number of aromatic nitrogens is 1. The van der Waals surface area contributed by atoms with Crippen LogP contribution in [-0.2, 0) is 6.42 Å². The Morgan fingerprint density at radius 3 is 2.91 bits per heavy atom. The Morgan fingerprint density at radius 1 is 1.73 bits per heavy atom. The van der Waals surface area contributed by atoms with E-state index in [1.165, 1.54) is 5.57 Å². The fraction of sp³-hybridized carbons (Fsp3) is 0.444. The van der Waals surface area contributed by atoms with Gasteiger partial charge in [-0.25, -0.2) is 0 Å². The van der Waals surface area contributed by atoms with E-state index in [4.69, 9.17) is 4.52 Å². The van der Waals surface area contributed by atoms with Crippen molar-refractivity contribution < 1.29 is 4.52 Å². The first-order valence-electron chi connectivity index (χ1n) is 3.81. The highest BCUT2D eigenvalue weighted by molar-refractivity contribution is 5.11. The predicted molar refractivity (Wildman–Crippen MR) is 44.4 cm³/mol. The van der Waals surface area contributed by atoms with Gasteiger partial charge in [0.25, 0.3) is 0 Å². The van der Waals surface area contributed by atoms with E-state index < -0.39 is 0 Å². The van der Waals surface area contributed by atoms with Gasteiger partial charge in [0.2, 0.25) is 0 Å². The molecule has 1 rings (SSSR count). The molecule has 0 unspecified atom stereocenters. The van der Waals surface area contributed by atoms with E-state index in [0.717, 1.165) is 24.3 Å². The third-order valence-electron chi connectivity index (χ3n) is 1.61. The lowest BCUT2D eigenvalue weighted by molar-refractivity contribution is 0.391. The number of aryl methyl sites for hydroxylation is 1. The maximum Gasteiger partial charge on any atom is 0.133 e. The van der Waals surface area contributed by atoms with Crippen molar-refractivity contribution in [1.82, 2.24) is 5.16 Å². The third-order valence-corrected chi connectivity index (χ3v) is 1.61. The standard InChI is InChI=1S/C9H13NO/c1-4-7(2)5-9-6-8(3)11-10-9/h6H,2,4-5H2,1,3H3. The Bertz CT molecular complexity index is 250. The maximum absolute atomic E-state index is 4.92. The Balaban J connectivity index is 2.57. The minimum atomic E-state index is 0.841. The van der Waals surface area contributed by atoms with Crippen LogP contribution in [0.1, 0.15) is 24.8 Å². The van der Waals surface area contributed by atoms with Crippen LogP contribution in [0.15, 0.2) is 22.7 Å². The monoisotopic (exact) mass is 151 g/mol. The second kappa shape index (κ2) is 3.37. The van der Waals surface area contributed by atoms with Crippen molar-refractivity contribution in [3.8, 4) is 0 Å². The first kappa shape index (κ1) is 8.05. The van der Waals surface area contributed by atoms with E-state index in [0.29, 0.717) is 0 Å². The lowest BCUT2D eigenvalue weighted by atomic mass is 10.1. The summed E-state index contributed by atoms with van der Waals surface area (Å²) in [7, 11) is 0. The number of hydrogen-bond donors (Lipinski definition) is 0. The molecule has 1 heterocycles. The normalized spacial score (nSPS) is 10.0. The van der Waals surface area contributed by atoms with Gasteiger partial charge in [-0.3, -0.25) is 0 Å². The van der Waals surface area contributed by atoms with E-state index in [-0.39, 0.29) is 0 Å². The molecule has 0 fully saturated rings. The summed E-state index contributed by atoms with van der Waals surface area (Å²) < 4.78 is 4.92. The van der Waals surface area contributed by atoms with Crippen molar-refractivity contribution in [2.75, 3.05) is 0 Å². The topological polar surface area (TPSA) is 26.0 Å². The van der Waals surface area contributed by atoms with E-state index in [1.54, 1.807) is 0 Å². The van der Waals surface area contributed by atoms with Gasteiger partial charge in [0.1, 0.15) is 5.76 Å². The van der Waals surface area contributed by atoms with Gasteiger partial charge < -0.3 is 4.52 Å². The summed E-state index contributed by atoms with van der Waals surface area (Å²) in [5.74, 6) is 0.865. The third kappa shape index (κ3) is 2.22. The van der Waals surface area contributed by atoms with Crippen LogP contribution in [0.3, 0.4) is 0 Å². The molecule has 2 heteroatoms. The van der Waals surface area contributed by atoms with Gasteiger partial charge in [-0.05, 0) is 13.3 Å². The zero-order chi connectivity index (χ0) is 8.27. The smallest absolute Gasteiger partial charge is 0.133 e. The van der Waals surface area contributed by atoms with E-state index >= 15 is 0 Å². The Labute approximate surface area is 66.9 Å². The van der Waals surface area contributed by atoms with Crippen LogP contribution in [0, 0.1) is 6.92 Å². The highest BCUT2D eigenvalue weighted by Gasteiger charge is 2.00. The number of allylic oxidation sites excluding steroid dienone is 1. The lowest BCUT2D eigenvalue weighted by Crippen LogP contribution is -1.86. The highest BCUT2D eigenvalue weighted by Crippen LogP contribution is 2.08. The molecule has 0 spiro atoms. The van der Waals surface area contributed by atoms with Gasteiger partial charge in [-0.1, -0.05) is 24.2 Å². The molecule has 0 aliphatic rings. The zero-order valence-electron chi connectivity index (χ0n) is 7.05. The average Bonchev–Trinajstić information content (AvgIpc) is 2.35. The van der Waals surface area contributed by atoms with Gasteiger partial charge in [0, 0.05) is 12.5 Å². The molecular formula is C9H13NO. The van der Waals surface area contributed by atoms with E-state index in [9.17, 15) is 0 Å². The summed E-state index contributed by atoms with van der Waals surface area (Å²) in [5.41, 5.74) is 2.17. The van der Waals surface area contributed by atoms with Crippen LogP contribution < -0.4 is 0 Å². The SMILES string of the molecule is C=C(CC)Cc1cc(C)on1. The molecule has 0 aliphatic carbocycles. The van der Waals surface area contributed by atoms with Crippen LogP contribution in [-0.4, -0.2) is 5.16 Å². The van der Waals surface area contributed by atoms with Crippen molar-refractivity contribution in [1.29, 1.82) is 0 Å². The molecule has 0 bridgehead atoms. The fourth-order valence-corrected chi connectivity index (χ4v) is 0.882. The van der Waals surface area contributed by atoms with Crippen LogP contribution in [0.5, 0.6) is 0 Å². The molecule has 2 nitrogen and oxygen atoms in total. The summed E-state index contributed by atoms with van der Waals surface area (Å²) in [6, 6.07) is 1.95.